The van der Waals surface area contributed by atoms with Crippen LogP contribution in [-0.2, 0) is 0 Å². The standard InChI is InChI=1S/C6H9N3S/c1-2-3-4-7-6-9-8-5-10-6/h2,5H,1,3-4H2,(H,7,9). The Morgan fingerprint density at radius 3 is 3.30 bits per heavy atom. The van der Waals surface area contributed by atoms with Gasteiger partial charge in [0, 0.05) is 6.54 Å². The van der Waals surface area contributed by atoms with E-state index in [1.54, 1.807) is 5.51 Å². The van der Waals surface area contributed by atoms with Crippen LogP contribution in [0.2, 0.25) is 0 Å². The number of aromatic nitrogens is 2. The molecule has 10 heavy (non-hydrogen) atoms. The maximum Gasteiger partial charge on any atom is 0.205 e. The lowest BCUT2D eigenvalue weighted by molar-refractivity contribution is 1.02. The van der Waals surface area contributed by atoms with Gasteiger partial charge in [0.05, 0.1) is 0 Å². The lowest BCUT2D eigenvalue weighted by atomic mass is 10.4. The third-order valence-corrected chi connectivity index (χ3v) is 1.63. The van der Waals surface area contributed by atoms with Crippen LogP contribution in [-0.4, -0.2) is 16.7 Å². The maximum atomic E-state index is 3.81. The van der Waals surface area contributed by atoms with Crippen molar-refractivity contribution >= 4 is 16.5 Å². The summed E-state index contributed by atoms with van der Waals surface area (Å²) in [4.78, 5) is 0. The van der Waals surface area contributed by atoms with Gasteiger partial charge in [-0.15, -0.1) is 16.8 Å². The summed E-state index contributed by atoms with van der Waals surface area (Å²) in [7, 11) is 0. The van der Waals surface area contributed by atoms with E-state index < -0.39 is 0 Å². The average Bonchev–Trinajstić information content (AvgIpc) is 2.41. The Kier molecular flexibility index (Phi) is 2.89. The van der Waals surface area contributed by atoms with Crippen molar-refractivity contribution in [3.63, 3.8) is 0 Å². The minimum Gasteiger partial charge on any atom is -0.360 e. The van der Waals surface area contributed by atoms with Gasteiger partial charge >= 0.3 is 0 Å². The molecule has 1 aromatic rings. The van der Waals surface area contributed by atoms with Crippen LogP contribution in [0.3, 0.4) is 0 Å². The molecule has 0 aliphatic heterocycles. The number of rotatable bonds is 4. The summed E-state index contributed by atoms with van der Waals surface area (Å²) in [6.45, 7) is 4.49. The van der Waals surface area contributed by atoms with Gasteiger partial charge in [0.25, 0.3) is 0 Å². The smallest absolute Gasteiger partial charge is 0.205 e. The predicted molar refractivity (Wildman–Crippen MR) is 43.2 cm³/mol. The van der Waals surface area contributed by atoms with Gasteiger partial charge in [-0.05, 0) is 6.42 Å². The molecule has 0 saturated carbocycles. The fourth-order valence-electron chi connectivity index (χ4n) is 0.531. The zero-order valence-corrected chi connectivity index (χ0v) is 6.40. The molecule has 4 heteroatoms. The second kappa shape index (κ2) is 4.00. The van der Waals surface area contributed by atoms with Crippen molar-refractivity contribution in [1.29, 1.82) is 0 Å². The van der Waals surface area contributed by atoms with Crippen molar-refractivity contribution < 1.29 is 0 Å². The molecule has 0 aliphatic rings. The maximum absolute atomic E-state index is 3.81. The highest BCUT2D eigenvalue weighted by atomic mass is 32.1. The van der Waals surface area contributed by atoms with Gasteiger partial charge in [0.2, 0.25) is 5.13 Å². The second-order valence-corrected chi connectivity index (χ2v) is 2.58. The van der Waals surface area contributed by atoms with Crippen molar-refractivity contribution in [2.45, 2.75) is 6.42 Å². The lowest BCUT2D eigenvalue weighted by Gasteiger charge is -1.95. The molecule has 1 rings (SSSR count). The zero-order chi connectivity index (χ0) is 7.23. The average molecular weight is 155 g/mol. The van der Waals surface area contributed by atoms with Crippen LogP contribution in [0.15, 0.2) is 18.2 Å². The number of nitrogens with zero attached hydrogens (tertiary/aromatic N) is 2. The molecule has 0 amide bonds. The van der Waals surface area contributed by atoms with Gasteiger partial charge in [0.1, 0.15) is 5.51 Å². The van der Waals surface area contributed by atoms with Gasteiger partial charge in [0.15, 0.2) is 0 Å². The summed E-state index contributed by atoms with van der Waals surface area (Å²) in [5.74, 6) is 0. The van der Waals surface area contributed by atoms with Crippen molar-refractivity contribution in [1.82, 2.24) is 10.2 Å². The van der Waals surface area contributed by atoms with Crippen molar-refractivity contribution in [3.8, 4) is 0 Å². The molecule has 54 valence electrons. The lowest BCUT2D eigenvalue weighted by Crippen LogP contribution is -1.98. The van der Waals surface area contributed by atoms with Gasteiger partial charge in [-0.2, -0.15) is 0 Å². The Balaban J connectivity index is 2.21. The van der Waals surface area contributed by atoms with E-state index in [2.05, 4.69) is 22.1 Å². The predicted octanol–water partition coefficient (Wildman–Crippen LogP) is 1.53. The van der Waals surface area contributed by atoms with Crippen LogP contribution in [0.5, 0.6) is 0 Å². The summed E-state index contributed by atoms with van der Waals surface area (Å²) in [5, 5.41) is 11.5. The number of hydrogen-bond donors (Lipinski definition) is 1. The summed E-state index contributed by atoms with van der Waals surface area (Å²) < 4.78 is 0. The Hall–Kier alpha value is -0.900. The van der Waals surface area contributed by atoms with Crippen LogP contribution in [0.4, 0.5) is 5.13 Å². The van der Waals surface area contributed by atoms with E-state index >= 15 is 0 Å². The first-order chi connectivity index (χ1) is 4.93. The summed E-state index contributed by atoms with van der Waals surface area (Å²) in [6.07, 6.45) is 2.83. The van der Waals surface area contributed by atoms with E-state index in [-0.39, 0.29) is 0 Å². The molecule has 0 fully saturated rings. The van der Waals surface area contributed by atoms with E-state index in [0.29, 0.717) is 0 Å². The fourth-order valence-corrected chi connectivity index (χ4v) is 1.01. The highest BCUT2D eigenvalue weighted by molar-refractivity contribution is 7.13. The third kappa shape index (κ3) is 2.14. The van der Waals surface area contributed by atoms with E-state index in [0.717, 1.165) is 18.1 Å². The largest absolute Gasteiger partial charge is 0.360 e. The van der Waals surface area contributed by atoms with Crippen LogP contribution < -0.4 is 5.32 Å². The molecule has 0 saturated heterocycles. The fraction of sp³-hybridized carbons (Fsp3) is 0.333. The van der Waals surface area contributed by atoms with E-state index in [9.17, 15) is 0 Å². The summed E-state index contributed by atoms with van der Waals surface area (Å²) in [5.41, 5.74) is 1.70. The zero-order valence-electron chi connectivity index (χ0n) is 5.58. The summed E-state index contributed by atoms with van der Waals surface area (Å²) >= 11 is 1.51. The number of hydrogen-bond acceptors (Lipinski definition) is 4. The van der Waals surface area contributed by atoms with E-state index in [4.69, 9.17) is 0 Å². The third-order valence-electron chi connectivity index (χ3n) is 0.985. The molecular formula is C6H9N3S. The molecule has 0 aromatic carbocycles. The molecule has 0 unspecified atom stereocenters. The molecular weight excluding hydrogens is 146 g/mol. The first kappa shape index (κ1) is 7.21. The molecule has 0 aliphatic carbocycles. The highest BCUT2D eigenvalue weighted by Crippen LogP contribution is 2.06. The van der Waals surface area contributed by atoms with Crippen LogP contribution >= 0.6 is 11.3 Å². The van der Waals surface area contributed by atoms with Gasteiger partial charge in [-0.1, -0.05) is 17.4 Å². The van der Waals surface area contributed by atoms with Crippen molar-refractivity contribution in [2.24, 2.45) is 0 Å². The first-order valence-electron chi connectivity index (χ1n) is 3.04. The Morgan fingerprint density at radius 1 is 1.80 bits per heavy atom. The molecule has 0 bridgehead atoms. The van der Waals surface area contributed by atoms with Crippen molar-refractivity contribution in [2.75, 3.05) is 11.9 Å². The molecule has 0 radical (unpaired) electrons. The monoisotopic (exact) mass is 155 g/mol. The van der Waals surface area contributed by atoms with Crippen LogP contribution in [0, 0.1) is 0 Å². The Labute approximate surface area is 63.8 Å². The highest BCUT2D eigenvalue weighted by Gasteiger charge is 1.90. The van der Waals surface area contributed by atoms with Crippen LogP contribution in [0.1, 0.15) is 6.42 Å². The van der Waals surface area contributed by atoms with Crippen LogP contribution in [0.25, 0.3) is 0 Å². The van der Waals surface area contributed by atoms with E-state index in [1.165, 1.54) is 11.3 Å². The Morgan fingerprint density at radius 2 is 2.70 bits per heavy atom. The minimum absolute atomic E-state index is 0.877. The molecule has 0 atom stereocenters. The Bertz CT molecular complexity index is 183. The SMILES string of the molecule is C=CCCNc1nncs1. The second-order valence-electron chi connectivity index (χ2n) is 1.75. The molecule has 0 spiro atoms. The van der Waals surface area contributed by atoms with Gasteiger partial charge in [-0.25, -0.2) is 0 Å². The first-order valence-corrected chi connectivity index (χ1v) is 3.92. The number of nitrogens with one attached hydrogen (secondary N) is 1. The minimum atomic E-state index is 0.877. The van der Waals surface area contributed by atoms with Crippen molar-refractivity contribution in [3.05, 3.63) is 18.2 Å². The van der Waals surface area contributed by atoms with E-state index in [1.807, 2.05) is 6.08 Å². The molecule has 1 aromatic heterocycles. The van der Waals surface area contributed by atoms with Gasteiger partial charge < -0.3 is 5.32 Å². The quantitative estimate of drug-likeness (QED) is 0.529. The molecule has 1 N–H and O–H groups in total. The van der Waals surface area contributed by atoms with Gasteiger partial charge in [-0.3, -0.25) is 0 Å². The number of anilines is 1. The molecule has 1 heterocycles. The summed E-state index contributed by atoms with van der Waals surface area (Å²) in [6, 6.07) is 0. The molecule has 3 nitrogen and oxygen atoms in total. The normalized spacial score (nSPS) is 9.20. The topological polar surface area (TPSA) is 37.8 Å².